The lowest BCUT2D eigenvalue weighted by atomic mass is 9.96. The summed E-state index contributed by atoms with van der Waals surface area (Å²) >= 11 is 11.9. The number of rotatable bonds is 7. The van der Waals surface area contributed by atoms with Crippen molar-refractivity contribution in [2.45, 2.75) is 38.4 Å². The molecule has 182 valence electrons. The van der Waals surface area contributed by atoms with Gasteiger partial charge in [-0.2, -0.15) is 0 Å². The molecule has 0 saturated carbocycles. The fourth-order valence-electron chi connectivity index (χ4n) is 4.19. The van der Waals surface area contributed by atoms with Crippen LogP contribution < -0.4 is 0 Å². The number of nitrogens with zero attached hydrogens (tertiary/aromatic N) is 3. The van der Waals surface area contributed by atoms with Gasteiger partial charge in [0.1, 0.15) is 0 Å². The summed E-state index contributed by atoms with van der Waals surface area (Å²) in [6, 6.07) is 5.15. The van der Waals surface area contributed by atoms with E-state index < -0.39 is 6.10 Å². The van der Waals surface area contributed by atoms with Crippen molar-refractivity contribution in [3.05, 3.63) is 39.9 Å². The summed E-state index contributed by atoms with van der Waals surface area (Å²) in [6.45, 7) is 5.69. The molecular weight excluding hydrogens is 465 g/mol. The number of hydrogen-bond donors (Lipinski definition) is 2. The molecule has 3 unspecified atom stereocenters. The molecule has 33 heavy (non-hydrogen) atoms. The summed E-state index contributed by atoms with van der Waals surface area (Å²) in [7, 11) is 0. The molecule has 1 aromatic carbocycles. The summed E-state index contributed by atoms with van der Waals surface area (Å²) in [4.78, 5) is 30.6. The molecule has 2 fully saturated rings. The zero-order valence-electron chi connectivity index (χ0n) is 19.0. The van der Waals surface area contributed by atoms with Gasteiger partial charge in [-0.05, 0) is 49.1 Å². The Morgan fingerprint density at radius 1 is 1.21 bits per heavy atom. The molecule has 0 bridgehead atoms. The molecule has 0 radical (unpaired) electrons. The average Bonchev–Trinajstić information content (AvgIpc) is 2.97. The second-order valence-corrected chi connectivity index (χ2v) is 9.81. The highest BCUT2D eigenvalue weighted by Crippen LogP contribution is 2.23. The maximum absolute atomic E-state index is 12.6. The van der Waals surface area contributed by atoms with Crippen molar-refractivity contribution < 1.29 is 19.8 Å². The Morgan fingerprint density at radius 3 is 2.73 bits per heavy atom. The number of benzene rings is 1. The van der Waals surface area contributed by atoms with Crippen LogP contribution in [0.2, 0.25) is 10.0 Å². The largest absolute Gasteiger partial charge is 0.392 e. The number of aliphatic hydroxyl groups is 2. The minimum Gasteiger partial charge on any atom is -0.392 e. The van der Waals surface area contributed by atoms with Gasteiger partial charge < -0.3 is 20.0 Å². The Bertz CT molecular complexity index is 866. The van der Waals surface area contributed by atoms with Crippen molar-refractivity contribution in [2.75, 3.05) is 45.8 Å². The van der Waals surface area contributed by atoms with Gasteiger partial charge in [0.15, 0.2) is 0 Å². The Balaban J connectivity index is 1.45. The number of β-amino-alcohol motifs (C(OH)–C–C–N with tert-alkyl or cyclic N) is 2. The highest BCUT2D eigenvalue weighted by atomic mass is 35.5. The summed E-state index contributed by atoms with van der Waals surface area (Å²) in [5.41, 5.74) is 0.773. The van der Waals surface area contributed by atoms with Crippen LogP contribution in [0.5, 0.6) is 0 Å². The summed E-state index contributed by atoms with van der Waals surface area (Å²) in [5.74, 6) is 0.124. The van der Waals surface area contributed by atoms with Crippen molar-refractivity contribution in [2.24, 2.45) is 5.92 Å². The Hall–Kier alpha value is -1.64. The molecule has 2 saturated heterocycles. The van der Waals surface area contributed by atoms with Crippen molar-refractivity contribution in [1.29, 1.82) is 0 Å². The van der Waals surface area contributed by atoms with Gasteiger partial charge >= 0.3 is 0 Å². The first-order valence-electron chi connectivity index (χ1n) is 11.5. The summed E-state index contributed by atoms with van der Waals surface area (Å²) < 4.78 is 0. The van der Waals surface area contributed by atoms with Gasteiger partial charge in [0.25, 0.3) is 0 Å². The standard InChI is InChI=1S/C24H33Cl2N3O4/c1-17-6-9-27(16-22(17)31)15-19(30)7-10-28-12-13-29(11-8-24(28)33)23(32)5-3-18-2-4-20(25)21(26)14-18/h2-5,14,17,19,22,30-31H,6-13,15-16H2,1H3/b5-3+. The van der Waals surface area contributed by atoms with Crippen LogP contribution >= 0.6 is 23.2 Å². The normalized spacial score (nSPS) is 23.7. The van der Waals surface area contributed by atoms with Crippen LogP contribution in [0.1, 0.15) is 31.7 Å². The molecular formula is C24H33Cl2N3O4. The zero-order chi connectivity index (χ0) is 24.0. The minimum absolute atomic E-state index is 0.00631. The minimum atomic E-state index is -0.562. The number of hydrogen-bond acceptors (Lipinski definition) is 5. The lowest BCUT2D eigenvalue weighted by molar-refractivity contribution is -0.130. The molecule has 1 aromatic rings. The van der Waals surface area contributed by atoms with Crippen LogP contribution in [0.4, 0.5) is 0 Å². The maximum atomic E-state index is 12.6. The third kappa shape index (κ3) is 7.69. The average molecular weight is 498 g/mol. The van der Waals surface area contributed by atoms with Gasteiger partial charge in [0.05, 0.1) is 22.3 Å². The smallest absolute Gasteiger partial charge is 0.246 e. The molecule has 9 heteroatoms. The van der Waals surface area contributed by atoms with Gasteiger partial charge in [0, 0.05) is 51.8 Å². The monoisotopic (exact) mass is 497 g/mol. The van der Waals surface area contributed by atoms with Crippen molar-refractivity contribution >= 4 is 41.1 Å². The van der Waals surface area contributed by atoms with E-state index in [1.54, 1.807) is 34.1 Å². The number of carbonyl (C=O) groups is 2. The van der Waals surface area contributed by atoms with Gasteiger partial charge in [-0.25, -0.2) is 0 Å². The zero-order valence-corrected chi connectivity index (χ0v) is 20.5. The molecule has 2 heterocycles. The van der Waals surface area contributed by atoms with Crippen LogP contribution in [0.15, 0.2) is 24.3 Å². The van der Waals surface area contributed by atoms with E-state index >= 15 is 0 Å². The Morgan fingerprint density at radius 2 is 2.00 bits per heavy atom. The summed E-state index contributed by atoms with van der Waals surface area (Å²) in [6.07, 6.45) is 3.90. The third-order valence-corrected chi connectivity index (χ3v) is 7.20. The second kappa shape index (κ2) is 12.2. The highest BCUT2D eigenvalue weighted by Gasteiger charge is 2.27. The first-order valence-corrected chi connectivity index (χ1v) is 12.3. The topological polar surface area (TPSA) is 84.3 Å². The van der Waals surface area contributed by atoms with E-state index in [-0.39, 0.29) is 30.3 Å². The van der Waals surface area contributed by atoms with E-state index in [1.807, 2.05) is 6.92 Å². The number of piperidine rings is 1. The molecule has 0 spiro atoms. The van der Waals surface area contributed by atoms with E-state index in [0.717, 1.165) is 18.5 Å². The van der Waals surface area contributed by atoms with Crippen molar-refractivity contribution in [3.63, 3.8) is 0 Å². The second-order valence-electron chi connectivity index (χ2n) is 9.00. The lowest BCUT2D eigenvalue weighted by Gasteiger charge is -2.35. The van der Waals surface area contributed by atoms with Crippen LogP contribution in [-0.4, -0.2) is 94.7 Å². The SMILES string of the molecule is CC1CCN(CC(O)CCN2CCN(C(=O)/C=C/c3ccc(Cl)c(Cl)c3)CCC2=O)CC1O. The molecule has 2 amide bonds. The van der Waals surface area contributed by atoms with E-state index in [2.05, 4.69) is 4.90 Å². The van der Waals surface area contributed by atoms with E-state index in [4.69, 9.17) is 23.2 Å². The summed E-state index contributed by atoms with van der Waals surface area (Å²) in [5, 5.41) is 21.4. The van der Waals surface area contributed by atoms with Gasteiger partial charge in [-0.15, -0.1) is 0 Å². The van der Waals surface area contributed by atoms with Crippen molar-refractivity contribution in [1.82, 2.24) is 14.7 Å². The van der Waals surface area contributed by atoms with E-state index in [0.29, 0.717) is 55.7 Å². The van der Waals surface area contributed by atoms with Gasteiger partial charge in [-0.1, -0.05) is 36.2 Å². The molecule has 0 aromatic heterocycles. The number of halogens is 2. The van der Waals surface area contributed by atoms with E-state index in [9.17, 15) is 19.8 Å². The molecule has 3 atom stereocenters. The number of carbonyl (C=O) groups excluding carboxylic acids is 2. The van der Waals surface area contributed by atoms with Crippen LogP contribution in [0, 0.1) is 5.92 Å². The van der Waals surface area contributed by atoms with Crippen molar-refractivity contribution in [3.8, 4) is 0 Å². The molecule has 3 rings (SSSR count). The van der Waals surface area contributed by atoms with Crippen LogP contribution in [-0.2, 0) is 9.59 Å². The molecule has 2 N–H and O–H groups in total. The molecule has 2 aliphatic rings. The van der Waals surface area contributed by atoms with Gasteiger partial charge in [0.2, 0.25) is 11.8 Å². The third-order valence-electron chi connectivity index (χ3n) is 6.47. The quantitative estimate of drug-likeness (QED) is 0.565. The van der Waals surface area contributed by atoms with Gasteiger partial charge in [-0.3, -0.25) is 14.5 Å². The van der Waals surface area contributed by atoms with Crippen LogP contribution in [0.3, 0.4) is 0 Å². The molecule has 2 aliphatic heterocycles. The number of amides is 2. The van der Waals surface area contributed by atoms with E-state index in [1.165, 1.54) is 6.08 Å². The fraction of sp³-hybridized carbons (Fsp3) is 0.583. The number of likely N-dealkylation sites (tertiary alicyclic amines) is 1. The predicted molar refractivity (Wildman–Crippen MR) is 130 cm³/mol. The first kappa shape index (κ1) is 26.0. The molecule has 0 aliphatic carbocycles. The highest BCUT2D eigenvalue weighted by molar-refractivity contribution is 6.42. The number of aliphatic hydroxyl groups excluding tert-OH is 2. The van der Waals surface area contributed by atoms with Crippen LogP contribution in [0.25, 0.3) is 6.08 Å². The predicted octanol–water partition coefficient (Wildman–Crippen LogP) is 2.52. The first-order chi connectivity index (χ1) is 15.7. The fourth-order valence-corrected chi connectivity index (χ4v) is 4.49. The Labute approximate surface area is 205 Å². The maximum Gasteiger partial charge on any atom is 0.246 e. The molecule has 7 nitrogen and oxygen atoms in total. The lowest BCUT2D eigenvalue weighted by Crippen LogP contribution is -2.46. The Kier molecular flexibility index (Phi) is 9.58.